The van der Waals surface area contributed by atoms with Crippen LogP contribution in [0.2, 0.25) is 0 Å². The van der Waals surface area contributed by atoms with Gasteiger partial charge in [0.05, 0.1) is 0 Å². The van der Waals surface area contributed by atoms with Gasteiger partial charge < -0.3 is 14.9 Å². The molecule has 1 aromatic carbocycles. The van der Waals surface area contributed by atoms with Gasteiger partial charge in [0.2, 0.25) is 0 Å². The second-order valence-electron chi connectivity index (χ2n) is 4.79. The van der Waals surface area contributed by atoms with Crippen molar-refractivity contribution in [2.24, 2.45) is 0 Å². The summed E-state index contributed by atoms with van der Waals surface area (Å²) in [5.41, 5.74) is 1.58. The Morgan fingerprint density at radius 3 is 2.16 bits per heavy atom. The van der Waals surface area contributed by atoms with Crippen molar-refractivity contribution in [1.82, 2.24) is 9.80 Å². The summed E-state index contributed by atoms with van der Waals surface area (Å²) in [6.45, 7) is 2.69. The number of carboxylic acids is 1. The van der Waals surface area contributed by atoms with Gasteiger partial charge in [0.15, 0.2) is 0 Å². The van der Waals surface area contributed by atoms with Gasteiger partial charge in [0.1, 0.15) is 6.54 Å². The first-order chi connectivity index (χ1) is 8.90. The molecule has 0 spiro atoms. The van der Waals surface area contributed by atoms with E-state index in [2.05, 4.69) is 0 Å². The number of hydrogen-bond acceptors (Lipinski definition) is 3. The Balaban J connectivity index is 2.80. The lowest BCUT2D eigenvalue weighted by molar-refractivity contribution is -0.137. The van der Waals surface area contributed by atoms with Crippen LogP contribution in [0.15, 0.2) is 24.3 Å². The molecule has 0 aromatic heterocycles. The van der Waals surface area contributed by atoms with Crippen LogP contribution < -0.4 is 0 Å². The number of carbonyl (C=O) groups excluding carboxylic acids is 1. The zero-order valence-electron chi connectivity index (χ0n) is 11.6. The predicted molar refractivity (Wildman–Crippen MR) is 73.3 cm³/mol. The fourth-order valence-electron chi connectivity index (χ4n) is 1.62. The van der Waals surface area contributed by atoms with Gasteiger partial charge in [-0.1, -0.05) is 17.7 Å². The van der Waals surface area contributed by atoms with E-state index in [0.717, 1.165) is 5.56 Å². The molecule has 5 heteroatoms. The zero-order chi connectivity index (χ0) is 14.4. The predicted octanol–water partition coefficient (Wildman–Crippen LogP) is 1.08. The largest absolute Gasteiger partial charge is 0.480 e. The van der Waals surface area contributed by atoms with Gasteiger partial charge in [-0.3, -0.25) is 9.59 Å². The second kappa shape index (κ2) is 6.89. The minimum absolute atomic E-state index is 0.246. The zero-order valence-corrected chi connectivity index (χ0v) is 11.6. The van der Waals surface area contributed by atoms with Crippen molar-refractivity contribution in [2.75, 3.05) is 33.7 Å². The number of hydrogen-bond donors (Lipinski definition) is 1. The molecule has 1 amide bonds. The third-order valence-corrected chi connectivity index (χ3v) is 2.73. The Hall–Kier alpha value is -1.88. The van der Waals surface area contributed by atoms with Crippen LogP contribution in [0.4, 0.5) is 0 Å². The first-order valence-corrected chi connectivity index (χ1v) is 6.12. The summed E-state index contributed by atoms with van der Waals surface area (Å²) in [7, 11) is 3.77. The van der Waals surface area contributed by atoms with Crippen LogP contribution in [-0.4, -0.2) is 60.5 Å². The van der Waals surface area contributed by atoms with Crippen LogP contribution >= 0.6 is 0 Å². The Morgan fingerprint density at radius 1 is 1.11 bits per heavy atom. The fourth-order valence-corrected chi connectivity index (χ4v) is 1.62. The van der Waals surface area contributed by atoms with E-state index < -0.39 is 5.97 Å². The number of amides is 1. The van der Waals surface area contributed by atoms with E-state index in [1.165, 1.54) is 4.90 Å². The molecule has 19 heavy (non-hydrogen) atoms. The maximum atomic E-state index is 12.2. The van der Waals surface area contributed by atoms with Crippen LogP contribution in [-0.2, 0) is 4.79 Å². The molecule has 0 bridgehead atoms. The molecule has 0 aliphatic carbocycles. The molecule has 1 aromatic rings. The summed E-state index contributed by atoms with van der Waals surface area (Å²) in [5.74, 6) is -1.25. The van der Waals surface area contributed by atoms with E-state index >= 15 is 0 Å². The molecule has 0 aliphatic rings. The maximum absolute atomic E-state index is 12.2. The van der Waals surface area contributed by atoms with E-state index in [9.17, 15) is 9.59 Å². The monoisotopic (exact) mass is 264 g/mol. The second-order valence-corrected chi connectivity index (χ2v) is 4.79. The Kier molecular flexibility index (Phi) is 5.51. The number of aliphatic carboxylic acids is 1. The molecule has 0 radical (unpaired) electrons. The molecule has 0 atom stereocenters. The van der Waals surface area contributed by atoms with Crippen molar-refractivity contribution in [3.8, 4) is 0 Å². The van der Waals surface area contributed by atoms with Gasteiger partial charge in [-0.25, -0.2) is 0 Å². The van der Waals surface area contributed by atoms with Crippen LogP contribution in [0.1, 0.15) is 15.9 Å². The van der Waals surface area contributed by atoms with Crippen LogP contribution in [0.3, 0.4) is 0 Å². The topological polar surface area (TPSA) is 60.9 Å². The molecule has 1 N–H and O–H groups in total. The molecule has 5 nitrogen and oxygen atoms in total. The highest BCUT2D eigenvalue weighted by Crippen LogP contribution is 2.07. The quantitative estimate of drug-likeness (QED) is 0.835. The minimum Gasteiger partial charge on any atom is -0.480 e. The highest BCUT2D eigenvalue weighted by Gasteiger charge is 2.18. The van der Waals surface area contributed by atoms with Crippen molar-refractivity contribution in [3.63, 3.8) is 0 Å². The maximum Gasteiger partial charge on any atom is 0.323 e. The number of likely N-dealkylation sites (N-methyl/N-ethyl adjacent to an activating group) is 1. The lowest BCUT2D eigenvalue weighted by Gasteiger charge is -2.22. The number of carbonyl (C=O) groups is 2. The normalized spacial score (nSPS) is 10.5. The van der Waals surface area contributed by atoms with Crippen molar-refractivity contribution in [1.29, 1.82) is 0 Å². The van der Waals surface area contributed by atoms with E-state index in [1.54, 1.807) is 12.1 Å². The number of benzene rings is 1. The van der Waals surface area contributed by atoms with Gasteiger partial charge in [0.25, 0.3) is 5.91 Å². The first kappa shape index (κ1) is 15.2. The molecule has 0 heterocycles. The van der Waals surface area contributed by atoms with Gasteiger partial charge >= 0.3 is 5.97 Å². The Bertz CT molecular complexity index is 441. The summed E-state index contributed by atoms with van der Waals surface area (Å²) in [4.78, 5) is 26.4. The number of rotatable bonds is 6. The molecule has 0 saturated heterocycles. The summed E-state index contributed by atoms with van der Waals surface area (Å²) in [6, 6.07) is 7.14. The minimum atomic E-state index is -1.00. The first-order valence-electron chi connectivity index (χ1n) is 6.12. The molecular formula is C14H20N2O3. The summed E-state index contributed by atoms with van der Waals surface area (Å²) < 4.78 is 0. The average Bonchev–Trinajstić information content (AvgIpc) is 2.34. The lowest BCUT2D eigenvalue weighted by Crippen LogP contribution is -2.40. The summed E-state index contributed by atoms with van der Waals surface area (Å²) >= 11 is 0. The van der Waals surface area contributed by atoms with Gasteiger partial charge in [-0.2, -0.15) is 0 Å². The smallest absolute Gasteiger partial charge is 0.323 e. The number of aryl methyl sites for hydroxylation is 1. The molecule has 0 aliphatic heterocycles. The van der Waals surface area contributed by atoms with E-state index in [1.807, 2.05) is 38.1 Å². The van der Waals surface area contributed by atoms with Gasteiger partial charge in [-0.15, -0.1) is 0 Å². The molecular weight excluding hydrogens is 244 g/mol. The van der Waals surface area contributed by atoms with Gasteiger partial charge in [-0.05, 0) is 33.2 Å². The van der Waals surface area contributed by atoms with Gasteiger partial charge in [0, 0.05) is 18.7 Å². The summed E-state index contributed by atoms with van der Waals surface area (Å²) in [6.07, 6.45) is 0. The van der Waals surface area contributed by atoms with Crippen LogP contribution in [0, 0.1) is 6.92 Å². The number of nitrogens with zero attached hydrogens (tertiary/aromatic N) is 2. The molecule has 1 rings (SSSR count). The highest BCUT2D eigenvalue weighted by molar-refractivity contribution is 5.95. The Labute approximate surface area is 113 Å². The van der Waals surface area contributed by atoms with Crippen molar-refractivity contribution >= 4 is 11.9 Å². The van der Waals surface area contributed by atoms with Crippen molar-refractivity contribution in [3.05, 3.63) is 35.4 Å². The van der Waals surface area contributed by atoms with Crippen molar-refractivity contribution < 1.29 is 14.7 Å². The number of carboxylic acid groups (broad SMARTS) is 1. The lowest BCUT2D eigenvalue weighted by atomic mass is 10.1. The van der Waals surface area contributed by atoms with E-state index in [0.29, 0.717) is 18.7 Å². The third kappa shape index (κ3) is 5.09. The SMILES string of the molecule is Cc1ccc(C(=O)N(CCN(C)C)CC(=O)O)cc1. The van der Waals surface area contributed by atoms with E-state index in [4.69, 9.17) is 5.11 Å². The molecule has 0 saturated carbocycles. The summed E-state index contributed by atoms with van der Waals surface area (Å²) in [5, 5.41) is 8.88. The van der Waals surface area contributed by atoms with Crippen LogP contribution in [0.25, 0.3) is 0 Å². The molecule has 0 fully saturated rings. The Morgan fingerprint density at radius 2 is 1.68 bits per heavy atom. The van der Waals surface area contributed by atoms with E-state index in [-0.39, 0.29) is 12.5 Å². The van der Waals surface area contributed by atoms with Crippen molar-refractivity contribution in [2.45, 2.75) is 6.92 Å². The molecule has 0 unspecified atom stereocenters. The van der Waals surface area contributed by atoms with Crippen LogP contribution in [0.5, 0.6) is 0 Å². The standard InChI is InChI=1S/C14H20N2O3/c1-11-4-6-12(7-5-11)14(19)16(10-13(17)18)9-8-15(2)3/h4-7H,8-10H2,1-3H3,(H,17,18). The average molecular weight is 264 g/mol. The third-order valence-electron chi connectivity index (χ3n) is 2.73. The molecule has 104 valence electrons. The highest BCUT2D eigenvalue weighted by atomic mass is 16.4. The fraction of sp³-hybridized carbons (Fsp3) is 0.429.